The maximum absolute atomic E-state index is 15.1. The molecule has 0 saturated carbocycles. The Morgan fingerprint density at radius 1 is 0.189 bits per heavy atom. The lowest BCUT2D eigenvalue weighted by Crippen LogP contribution is -2.59. The average Bonchev–Trinajstić information content (AvgIpc) is 0.774. The molecule has 0 fully saturated rings. The van der Waals surface area contributed by atoms with Crippen LogP contribution in [0.4, 0.5) is 211 Å². The number of nitrogens with zero attached hydrogens (tertiary/aromatic N) is 3. The van der Waals surface area contributed by atoms with Gasteiger partial charge in [0.1, 0.15) is 39.6 Å². The third-order valence-corrected chi connectivity index (χ3v) is 18.3. The molecule has 0 aliphatic carbocycles. The van der Waals surface area contributed by atoms with Crippen molar-refractivity contribution in [3.63, 3.8) is 0 Å². The predicted octanol–water partition coefficient (Wildman–Crippen LogP) is 19.0. The molecule has 0 atom stereocenters. The highest BCUT2D eigenvalue weighted by atomic mass is 31.3. The van der Waals surface area contributed by atoms with Crippen LogP contribution in [-0.2, 0) is 27.1 Å². The fourth-order valence-corrected chi connectivity index (χ4v) is 14.2. The van der Waals surface area contributed by atoms with Gasteiger partial charge in [-0.1, -0.05) is 0 Å². The monoisotopic (exact) mass is 1520 g/mol. The van der Waals surface area contributed by atoms with Crippen LogP contribution in [0.25, 0.3) is 0 Å². The van der Waals surface area contributed by atoms with Gasteiger partial charge in [0.2, 0.25) is 0 Å². The average molecular weight is 1520 g/mol. The van der Waals surface area contributed by atoms with Gasteiger partial charge in [-0.05, 0) is 0 Å². The summed E-state index contributed by atoms with van der Waals surface area (Å²) in [5.74, 6) is -146. The van der Waals surface area contributed by atoms with Crippen molar-refractivity contribution in [3.8, 4) is 0 Å². The summed E-state index contributed by atoms with van der Waals surface area (Å²) in [6, 6.07) is 0. The van der Waals surface area contributed by atoms with Crippen LogP contribution in [0.5, 0.6) is 0 Å². The van der Waals surface area contributed by atoms with E-state index in [1.54, 1.807) is 0 Å². The first-order valence-electron chi connectivity index (χ1n) is 20.3. The number of hydrogen-bond acceptors (Lipinski definition) is 9. The first-order valence-corrected chi connectivity index (χ1v) is 24.9. The zero-order chi connectivity index (χ0) is 72.6. The molecular formula is C30H18F48N3O6P3. The molecule has 0 unspecified atom stereocenters. The summed E-state index contributed by atoms with van der Waals surface area (Å²) < 4.78 is 700. The van der Waals surface area contributed by atoms with Gasteiger partial charge in [0.15, 0.2) is 0 Å². The minimum absolute atomic E-state index is 1.38. The maximum Gasteiger partial charge on any atom is 0.380 e. The van der Waals surface area contributed by atoms with Crippen LogP contribution in [0.1, 0.15) is 0 Å². The summed E-state index contributed by atoms with van der Waals surface area (Å²) in [4.78, 5) is 0. The number of hydrogen-bond donors (Lipinski definition) is 0. The van der Waals surface area contributed by atoms with Gasteiger partial charge >= 0.3 is 168 Å². The first-order chi connectivity index (χ1) is 39.0. The van der Waals surface area contributed by atoms with Gasteiger partial charge in [-0.3, -0.25) is 27.1 Å². The molecule has 0 bridgehead atoms. The van der Waals surface area contributed by atoms with Crippen LogP contribution in [0.3, 0.4) is 0 Å². The predicted molar refractivity (Wildman–Crippen MR) is 189 cm³/mol. The number of alkyl halides is 48. The Hall–Kier alpha value is -2.91. The Balaban J connectivity index is 5.65. The molecule has 540 valence electrons. The van der Waals surface area contributed by atoms with Crippen LogP contribution in [0.2, 0.25) is 0 Å². The van der Waals surface area contributed by atoms with Crippen molar-refractivity contribution >= 4 is 23.0 Å². The lowest BCUT2D eigenvalue weighted by atomic mass is 10.1. The Morgan fingerprint density at radius 3 is 0.356 bits per heavy atom. The molecule has 1 aliphatic heterocycles. The lowest BCUT2D eigenvalue weighted by Gasteiger charge is -2.39. The standard InChI is InChI=1S/C30H18F48N3O6P3/c31-7(32)19(55,56)25(67,68)13(43,44)1-82-88(83-2-14(45,46)26(69,70)20(57,58)8(33)34)79-89(84-3-15(47,48)27(71,72)21(59,60)9(35)36,85-4-16(49,50)28(73,74)22(61,62)10(37)38)81-90(80-88,86-5-17(51,52)29(75,76)23(63,64)11(39)40)87-6-18(53,54)30(77,78)24(65,66)12(41)42/h7-12H,1-6H2. The van der Waals surface area contributed by atoms with Crippen LogP contribution in [0, 0.1) is 0 Å². The van der Waals surface area contributed by atoms with Crippen molar-refractivity contribution in [1.82, 2.24) is 0 Å². The molecule has 0 radical (unpaired) electrons. The van der Waals surface area contributed by atoms with Crippen molar-refractivity contribution in [2.24, 2.45) is 13.5 Å². The molecule has 1 aliphatic rings. The number of rotatable bonds is 36. The molecule has 90 heavy (non-hydrogen) atoms. The van der Waals surface area contributed by atoms with Gasteiger partial charge in [-0.15, -0.1) is 13.5 Å². The molecule has 0 amide bonds. The highest BCUT2D eigenvalue weighted by Gasteiger charge is 2.82. The molecule has 60 heteroatoms. The Labute approximate surface area is 460 Å². The zero-order valence-electron chi connectivity index (χ0n) is 40.0. The summed E-state index contributed by atoms with van der Waals surface area (Å²) in [6.45, 7) is -30.7. The van der Waals surface area contributed by atoms with E-state index in [9.17, 15) is 158 Å². The highest BCUT2D eigenvalue weighted by Crippen LogP contribution is 2.82. The third kappa shape index (κ3) is 14.9. The fourth-order valence-electron chi connectivity index (χ4n) is 4.72. The van der Waals surface area contributed by atoms with Crippen LogP contribution in [-0.4, -0.2) is 185 Å². The molecule has 0 spiro atoms. The maximum atomic E-state index is 15.1. The lowest BCUT2D eigenvalue weighted by molar-refractivity contribution is -0.344. The summed E-state index contributed by atoms with van der Waals surface area (Å²) in [5, 5.41) is 0. The summed E-state index contributed by atoms with van der Waals surface area (Å²) >= 11 is 0. The molecule has 0 N–H and O–H groups in total. The molecular weight excluding hydrogens is 1500 g/mol. The van der Waals surface area contributed by atoms with Gasteiger partial charge in [-0.2, -0.15) is 158 Å². The quantitative estimate of drug-likeness (QED) is 0.0458. The van der Waals surface area contributed by atoms with E-state index in [2.05, 4.69) is 27.1 Å². The fraction of sp³-hybridized carbons (Fsp3) is 1.00. The molecule has 0 aromatic rings. The van der Waals surface area contributed by atoms with Gasteiger partial charge in [0.05, 0.1) is 0 Å². The molecule has 0 aromatic heterocycles. The van der Waals surface area contributed by atoms with Gasteiger partial charge in [0, 0.05) is 0 Å². The third-order valence-electron chi connectivity index (χ3n) is 10.1. The topological polar surface area (TPSA) is 92.5 Å². The first kappa shape index (κ1) is 85.1. The van der Waals surface area contributed by atoms with E-state index in [0.29, 0.717) is 0 Å². The highest BCUT2D eigenvalue weighted by molar-refractivity contribution is 7.78. The smallest absolute Gasteiger partial charge is 0.300 e. The van der Waals surface area contributed by atoms with Crippen molar-refractivity contribution in [3.05, 3.63) is 0 Å². The second-order valence-corrected chi connectivity index (χ2v) is 23.2. The summed E-state index contributed by atoms with van der Waals surface area (Å²) in [7, 11) is -28.0. The molecule has 9 nitrogen and oxygen atoms in total. The zero-order valence-corrected chi connectivity index (χ0v) is 42.7. The summed E-state index contributed by atoms with van der Waals surface area (Å²) in [6.07, 6.45) is -38.6. The minimum atomic E-state index is -9.34. The SMILES string of the molecule is FC(F)C(F)(F)C(F)(F)C(F)(F)COP1(OCC(F)(F)C(F)(F)C(F)(F)C(F)F)=NP(OCC(F)(F)C(F)(F)C(F)(F)C(F)F)(OCC(F)(F)C(F)(F)C(F)(F)C(F)F)=NP(OCC(F)(F)C(F)(F)C(F)(F)C(F)F)(OCC(F)(F)C(F)(F)C(F)(F)C(F)F)=N1. The van der Waals surface area contributed by atoms with E-state index >= 15 is 52.7 Å². The minimum Gasteiger partial charge on any atom is -0.300 e. The van der Waals surface area contributed by atoms with E-state index in [1.807, 2.05) is 0 Å². The van der Waals surface area contributed by atoms with E-state index in [1.165, 1.54) is 13.5 Å². The van der Waals surface area contributed by atoms with Gasteiger partial charge in [-0.25, -0.2) is 52.7 Å². The van der Waals surface area contributed by atoms with E-state index < -0.39 is 208 Å². The van der Waals surface area contributed by atoms with E-state index in [-0.39, 0.29) is 0 Å². The van der Waals surface area contributed by atoms with Crippen LogP contribution < -0.4 is 0 Å². The Bertz CT molecular complexity index is 2180. The molecule has 0 saturated heterocycles. The van der Waals surface area contributed by atoms with Crippen molar-refractivity contribution < 1.29 is 238 Å². The van der Waals surface area contributed by atoms with Crippen molar-refractivity contribution in [2.45, 2.75) is 145 Å². The van der Waals surface area contributed by atoms with E-state index in [4.69, 9.17) is 0 Å². The van der Waals surface area contributed by atoms with Gasteiger partial charge in [0.25, 0.3) is 0 Å². The van der Waals surface area contributed by atoms with Crippen LogP contribution in [0.15, 0.2) is 13.5 Å². The normalized spacial score (nSPS) is 18.3. The number of halogens is 48. The van der Waals surface area contributed by atoms with Crippen molar-refractivity contribution in [1.29, 1.82) is 0 Å². The second-order valence-electron chi connectivity index (χ2n) is 16.6. The Kier molecular flexibility index (Phi) is 24.2. The summed E-state index contributed by atoms with van der Waals surface area (Å²) in [5.41, 5.74) is 0. The van der Waals surface area contributed by atoms with E-state index in [0.717, 1.165) is 0 Å². The second kappa shape index (κ2) is 25.6. The van der Waals surface area contributed by atoms with Gasteiger partial charge < -0.3 is 0 Å². The largest absolute Gasteiger partial charge is 0.380 e. The molecule has 0 aromatic carbocycles. The van der Waals surface area contributed by atoms with Crippen LogP contribution >= 0.6 is 23.0 Å². The van der Waals surface area contributed by atoms with Crippen molar-refractivity contribution in [2.75, 3.05) is 39.6 Å². The molecule has 1 rings (SSSR count). The molecule has 1 heterocycles. The Morgan fingerprint density at radius 2 is 0.278 bits per heavy atom.